The molecule has 21 heavy (non-hydrogen) atoms. The van der Waals surface area contributed by atoms with Crippen molar-refractivity contribution in [3.63, 3.8) is 0 Å². The third-order valence-electron chi connectivity index (χ3n) is 3.30. The highest BCUT2D eigenvalue weighted by molar-refractivity contribution is 7.09. The Balaban J connectivity index is 1.71. The molecule has 1 amide bonds. The molecule has 0 spiro atoms. The van der Waals surface area contributed by atoms with E-state index in [2.05, 4.69) is 11.4 Å². The summed E-state index contributed by atoms with van der Waals surface area (Å²) >= 11 is 1.69. The van der Waals surface area contributed by atoms with Crippen molar-refractivity contribution in [1.82, 2.24) is 5.32 Å². The molecule has 1 N–H and O–H groups in total. The first kappa shape index (κ1) is 15.4. The average Bonchev–Trinajstić information content (AvgIpc) is 2.98. The number of hydrogen-bond donors (Lipinski definition) is 1. The van der Waals surface area contributed by atoms with Crippen LogP contribution in [0, 0.1) is 6.92 Å². The summed E-state index contributed by atoms with van der Waals surface area (Å²) in [6.07, 6.45) is 1.35. The summed E-state index contributed by atoms with van der Waals surface area (Å²) in [5, 5.41) is 4.88. The largest absolute Gasteiger partial charge is 0.356 e. The Bertz CT molecular complexity index is 605. The van der Waals surface area contributed by atoms with E-state index in [1.807, 2.05) is 42.6 Å². The van der Waals surface area contributed by atoms with Gasteiger partial charge < -0.3 is 5.32 Å². The zero-order valence-electron chi connectivity index (χ0n) is 12.1. The molecule has 1 aromatic heterocycles. The van der Waals surface area contributed by atoms with Crippen LogP contribution >= 0.6 is 11.3 Å². The van der Waals surface area contributed by atoms with E-state index in [1.54, 1.807) is 11.3 Å². The Labute approximate surface area is 129 Å². The van der Waals surface area contributed by atoms with Crippen LogP contribution < -0.4 is 5.32 Å². The molecule has 110 valence electrons. The summed E-state index contributed by atoms with van der Waals surface area (Å²) in [4.78, 5) is 25.0. The van der Waals surface area contributed by atoms with Crippen LogP contribution in [-0.4, -0.2) is 18.2 Å². The van der Waals surface area contributed by atoms with E-state index in [1.165, 1.54) is 4.88 Å². The Kier molecular flexibility index (Phi) is 5.69. The minimum absolute atomic E-state index is 0.0292. The quantitative estimate of drug-likeness (QED) is 0.797. The monoisotopic (exact) mass is 301 g/mol. The van der Waals surface area contributed by atoms with Gasteiger partial charge in [-0.15, -0.1) is 11.3 Å². The van der Waals surface area contributed by atoms with Gasteiger partial charge in [-0.05, 0) is 30.4 Å². The van der Waals surface area contributed by atoms with Crippen molar-refractivity contribution in [2.24, 2.45) is 0 Å². The number of thiophene rings is 1. The highest BCUT2D eigenvalue weighted by Gasteiger charge is 2.10. The van der Waals surface area contributed by atoms with Crippen LogP contribution in [0.25, 0.3) is 0 Å². The molecular weight excluding hydrogens is 282 g/mol. The fourth-order valence-electron chi connectivity index (χ4n) is 2.12. The Morgan fingerprint density at radius 3 is 2.62 bits per heavy atom. The summed E-state index contributed by atoms with van der Waals surface area (Å²) in [7, 11) is 0. The number of hydrogen-bond acceptors (Lipinski definition) is 3. The lowest BCUT2D eigenvalue weighted by atomic mass is 10.0. The maximum atomic E-state index is 12.1. The number of rotatable bonds is 7. The molecular formula is C17H19NO2S. The molecule has 4 heteroatoms. The van der Waals surface area contributed by atoms with Gasteiger partial charge in [-0.1, -0.05) is 30.3 Å². The summed E-state index contributed by atoms with van der Waals surface area (Å²) in [6.45, 7) is 2.53. The molecule has 3 nitrogen and oxygen atoms in total. The number of amides is 1. The third kappa shape index (κ3) is 4.83. The van der Waals surface area contributed by atoms with Crippen molar-refractivity contribution in [2.75, 3.05) is 6.54 Å². The normalized spacial score (nSPS) is 10.3. The van der Waals surface area contributed by atoms with Crippen molar-refractivity contribution >= 4 is 23.0 Å². The van der Waals surface area contributed by atoms with Gasteiger partial charge in [0.2, 0.25) is 5.91 Å². The molecule has 0 atom stereocenters. The minimum Gasteiger partial charge on any atom is -0.356 e. The first-order valence-corrected chi connectivity index (χ1v) is 7.92. The second-order valence-electron chi connectivity index (χ2n) is 4.92. The zero-order chi connectivity index (χ0) is 15.1. The number of Topliss-reactive ketones (excluding diaryl/α,β-unsaturated/α-hetero) is 1. The highest BCUT2D eigenvalue weighted by Crippen LogP contribution is 2.11. The van der Waals surface area contributed by atoms with E-state index < -0.39 is 0 Å². The third-order valence-corrected chi connectivity index (χ3v) is 4.23. The first-order valence-electron chi connectivity index (χ1n) is 7.04. The molecule has 2 rings (SSSR count). The van der Waals surface area contributed by atoms with Gasteiger partial charge >= 0.3 is 0 Å². The Morgan fingerprint density at radius 2 is 1.90 bits per heavy atom. The number of aryl methyl sites for hydroxylation is 1. The summed E-state index contributed by atoms with van der Waals surface area (Å²) in [6, 6.07) is 11.5. The summed E-state index contributed by atoms with van der Waals surface area (Å²) in [5.41, 5.74) is 1.67. The fraction of sp³-hybridized carbons (Fsp3) is 0.294. The van der Waals surface area contributed by atoms with E-state index in [0.717, 1.165) is 12.0 Å². The topological polar surface area (TPSA) is 46.2 Å². The Morgan fingerprint density at radius 1 is 1.10 bits per heavy atom. The van der Waals surface area contributed by atoms with Crippen molar-refractivity contribution < 1.29 is 9.59 Å². The Hall–Kier alpha value is -1.94. The lowest BCUT2D eigenvalue weighted by Crippen LogP contribution is -2.25. The molecule has 2 aromatic rings. The van der Waals surface area contributed by atoms with Gasteiger partial charge in [0.05, 0.1) is 0 Å². The van der Waals surface area contributed by atoms with Crippen LogP contribution in [0.3, 0.4) is 0 Å². The van der Waals surface area contributed by atoms with Crippen molar-refractivity contribution in [1.29, 1.82) is 0 Å². The van der Waals surface area contributed by atoms with E-state index >= 15 is 0 Å². The molecule has 0 aliphatic rings. The van der Waals surface area contributed by atoms with Crippen molar-refractivity contribution in [3.8, 4) is 0 Å². The van der Waals surface area contributed by atoms with Gasteiger partial charge in [-0.2, -0.15) is 0 Å². The van der Waals surface area contributed by atoms with Gasteiger partial charge in [0.25, 0.3) is 0 Å². The maximum absolute atomic E-state index is 12.1. The van der Waals surface area contributed by atoms with Gasteiger partial charge in [0, 0.05) is 29.8 Å². The molecule has 0 aliphatic heterocycles. The zero-order valence-corrected chi connectivity index (χ0v) is 12.9. The summed E-state index contributed by atoms with van der Waals surface area (Å²) < 4.78 is 0. The van der Waals surface area contributed by atoms with E-state index in [0.29, 0.717) is 12.1 Å². The predicted octanol–water partition coefficient (Wildman–Crippen LogP) is 3.38. The highest BCUT2D eigenvalue weighted by atomic mass is 32.1. The number of carbonyl (C=O) groups excluding carboxylic acids is 2. The minimum atomic E-state index is -0.0616. The molecule has 0 aliphatic carbocycles. The van der Waals surface area contributed by atoms with Crippen molar-refractivity contribution in [2.45, 2.75) is 26.2 Å². The van der Waals surface area contributed by atoms with Crippen LogP contribution in [-0.2, 0) is 11.2 Å². The molecule has 0 radical (unpaired) electrons. The number of ketones is 1. The van der Waals surface area contributed by atoms with E-state index in [-0.39, 0.29) is 24.5 Å². The lowest BCUT2D eigenvalue weighted by Gasteiger charge is -2.06. The molecule has 0 fully saturated rings. The summed E-state index contributed by atoms with van der Waals surface area (Å²) in [5.74, 6) is -0.0324. The molecule has 0 saturated heterocycles. The van der Waals surface area contributed by atoms with E-state index in [9.17, 15) is 9.59 Å². The smallest absolute Gasteiger partial charge is 0.220 e. The van der Waals surface area contributed by atoms with Crippen LogP contribution in [0.1, 0.15) is 33.6 Å². The number of benzene rings is 1. The molecule has 0 bridgehead atoms. The lowest BCUT2D eigenvalue weighted by molar-refractivity contribution is -0.121. The number of carbonyl (C=O) groups is 2. The standard InChI is InChI=1S/C17H19NO2S/c1-13-5-2-3-7-15(13)16(19)8-9-17(20)18-11-10-14-6-4-12-21-14/h2-7,12H,8-11H2,1H3,(H,18,20). The first-order chi connectivity index (χ1) is 10.2. The molecule has 1 aromatic carbocycles. The molecule has 0 unspecified atom stereocenters. The van der Waals surface area contributed by atoms with Crippen molar-refractivity contribution in [3.05, 3.63) is 57.8 Å². The van der Waals surface area contributed by atoms with Crippen LogP contribution in [0.5, 0.6) is 0 Å². The predicted molar refractivity (Wildman–Crippen MR) is 85.8 cm³/mol. The van der Waals surface area contributed by atoms with E-state index in [4.69, 9.17) is 0 Å². The molecule has 1 heterocycles. The average molecular weight is 301 g/mol. The van der Waals surface area contributed by atoms with Gasteiger partial charge in [-0.3, -0.25) is 9.59 Å². The van der Waals surface area contributed by atoms with Crippen LogP contribution in [0.15, 0.2) is 41.8 Å². The second-order valence-corrected chi connectivity index (χ2v) is 5.95. The molecule has 0 saturated carbocycles. The van der Waals surface area contributed by atoms with Gasteiger partial charge in [-0.25, -0.2) is 0 Å². The number of nitrogens with one attached hydrogen (secondary N) is 1. The fourth-order valence-corrected chi connectivity index (χ4v) is 2.82. The van der Waals surface area contributed by atoms with Crippen LogP contribution in [0.2, 0.25) is 0 Å². The van der Waals surface area contributed by atoms with Gasteiger partial charge in [0.15, 0.2) is 5.78 Å². The SMILES string of the molecule is Cc1ccccc1C(=O)CCC(=O)NCCc1cccs1. The second kappa shape index (κ2) is 7.74. The van der Waals surface area contributed by atoms with Crippen LogP contribution in [0.4, 0.5) is 0 Å². The van der Waals surface area contributed by atoms with Gasteiger partial charge in [0.1, 0.15) is 0 Å². The maximum Gasteiger partial charge on any atom is 0.220 e.